The number of carbonyl (C=O) groups is 2. The molecule has 0 bridgehead atoms. The van der Waals surface area contributed by atoms with Crippen molar-refractivity contribution in [3.8, 4) is 0 Å². The number of hydrogen-bond donors (Lipinski definition) is 1. The Kier molecular flexibility index (Phi) is 7.53. The molecule has 0 aliphatic heterocycles. The number of ether oxygens (including phenoxy) is 1. The predicted molar refractivity (Wildman–Crippen MR) is 111 cm³/mol. The van der Waals surface area contributed by atoms with E-state index in [9.17, 15) is 18.0 Å². The highest BCUT2D eigenvalue weighted by molar-refractivity contribution is 7.89. The lowest BCUT2D eigenvalue weighted by atomic mass is 10.1. The molecule has 0 spiro atoms. The second-order valence-electron chi connectivity index (χ2n) is 6.56. The summed E-state index contributed by atoms with van der Waals surface area (Å²) in [7, 11) is -3.55. The van der Waals surface area contributed by atoms with Gasteiger partial charge in [-0.25, -0.2) is 13.2 Å². The second kappa shape index (κ2) is 9.67. The third-order valence-electron chi connectivity index (χ3n) is 4.42. The number of benzene rings is 2. The highest BCUT2D eigenvalue weighted by Crippen LogP contribution is 2.18. The first kappa shape index (κ1) is 22.6. The molecule has 2 aromatic rings. The van der Waals surface area contributed by atoms with E-state index in [0.717, 1.165) is 11.1 Å². The van der Waals surface area contributed by atoms with Gasteiger partial charge in [-0.1, -0.05) is 31.5 Å². The van der Waals surface area contributed by atoms with Crippen molar-refractivity contribution in [3.05, 3.63) is 59.2 Å². The lowest BCUT2D eigenvalue weighted by Crippen LogP contribution is -2.30. The monoisotopic (exact) mass is 418 g/mol. The Bertz CT molecular complexity index is 981. The van der Waals surface area contributed by atoms with Gasteiger partial charge in [-0.3, -0.25) is 4.79 Å². The molecule has 1 N–H and O–H groups in total. The normalized spacial score (nSPS) is 11.3. The minimum Gasteiger partial charge on any atom is -0.452 e. The lowest BCUT2D eigenvalue weighted by molar-refractivity contribution is -0.119. The van der Waals surface area contributed by atoms with Crippen LogP contribution in [0.25, 0.3) is 0 Å². The molecule has 0 radical (unpaired) electrons. The fraction of sp³-hybridized carbons (Fsp3) is 0.333. The molecule has 2 rings (SSSR count). The molecule has 8 heteroatoms. The average molecular weight is 419 g/mol. The van der Waals surface area contributed by atoms with Crippen LogP contribution in [0.1, 0.15) is 35.3 Å². The van der Waals surface area contributed by atoms with Crippen molar-refractivity contribution in [1.82, 2.24) is 4.31 Å². The van der Waals surface area contributed by atoms with Crippen LogP contribution in [0.5, 0.6) is 0 Å². The molecule has 0 atom stereocenters. The van der Waals surface area contributed by atoms with Crippen LogP contribution >= 0.6 is 0 Å². The van der Waals surface area contributed by atoms with Gasteiger partial charge < -0.3 is 10.1 Å². The number of nitrogens with one attached hydrogen (secondary N) is 1. The van der Waals surface area contributed by atoms with Gasteiger partial charge in [0.1, 0.15) is 0 Å². The maximum absolute atomic E-state index is 12.5. The number of rotatable bonds is 8. The van der Waals surface area contributed by atoms with Crippen molar-refractivity contribution in [3.63, 3.8) is 0 Å². The lowest BCUT2D eigenvalue weighted by Gasteiger charge is -2.18. The fourth-order valence-electron chi connectivity index (χ4n) is 2.87. The van der Waals surface area contributed by atoms with Gasteiger partial charge in [-0.05, 0) is 49.7 Å². The highest BCUT2D eigenvalue weighted by atomic mass is 32.2. The molecule has 0 aliphatic rings. The summed E-state index contributed by atoms with van der Waals surface area (Å²) in [5, 5.41) is 2.58. The van der Waals surface area contributed by atoms with E-state index in [-0.39, 0.29) is 4.90 Å². The molecule has 0 unspecified atom stereocenters. The predicted octanol–water partition coefficient (Wildman–Crippen LogP) is 3.13. The van der Waals surface area contributed by atoms with E-state index in [1.165, 1.54) is 28.6 Å². The molecule has 156 valence electrons. The van der Waals surface area contributed by atoms with E-state index in [2.05, 4.69) is 5.32 Å². The fourth-order valence-corrected chi connectivity index (χ4v) is 4.33. The Morgan fingerprint density at radius 1 is 1.00 bits per heavy atom. The van der Waals surface area contributed by atoms with Gasteiger partial charge >= 0.3 is 5.97 Å². The molecule has 1 amide bonds. The van der Waals surface area contributed by atoms with E-state index in [1.54, 1.807) is 32.9 Å². The zero-order valence-electron chi connectivity index (χ0n) is 17.1. The summed E-state index contributed by atoms with van der Waals surface area (Å²) in [6, 6.07) is 11.2. The van der Waals surface area contributed by atoms with Gasteiger partial charge in [-0.2, -0.15) is 4.31 Å². The first-order valence-corrected chi connectivity index (χ1v) is 10.8. The van der Waals surface area contributed by atoms with Crippen LogP contribution in [0.3, 0.4) is 0 Å². The molecular formula is C21H26N2O5S. The van der Waals surface area contributed by atoms with Crippen molar-refractivity contribution in [2.75, 3.05) is 25.0 Å². The van der Waals surface area contributed by atoms with Gasteiger partial charge in [0.2, 0.25) is 10.0 Å². The van der Waals surface area contributed by atoms with E-state index in [0.29, 0.717) is 24.3 Å². The van der Waals surface area contributed by atoms with Crippen molar-refractivity contribution in [2.24, 2.45) is 0 Å². The van der Waals surface area contributed by atoms with E-state index < -0.39 is 28.5 Å². The van der Waals surface area contributed by atoms with Gasteiger partial charge in [0, 0.05) is 18.8 Å². The Morgan fingerprint density at radius 2 is 1.62 bits per heavy atom. The SMILES string of the molecule is CCN(CC)S(=O)(=O)c1ccc(NC(=O)COC(=O)c2ccc(C)cc2C)cc1. The maximum atomic E-state index is 12.5. The number of nitrogens with zero attached hydrogens (tertiary/aromatic N) is 1. The minimum atomic E-state index is -3.55. The summed E-state index contributed by atoms with van der Waals surface area (Å²) in [6.07, 6.45) is 0. The number of esters is 1. The van der Waals surface area contributed by atoms with Gasteiger partial charge in [0.05, 0.1) is 10.5 Å². The summed E-state index contributed by atoms with van der Waals surface area (Å²) in [6.45, 7) is 7.59. The van der Waals surface area contributed by atoms with Gasteiger partial charge in [0.15, 0.2) is 6.61 Å². The number of anilines is 1. The highest BCUT2D eigenvalue weighted by Gasteiger charge is 2.21. The number of aryl methyl sites for hydroxylation is 2. The van der Waals surface area contributed by atoms with Crippen molar-refractivity contribution >= 4 is 27.6 Å². The standard InChI is InChI=1S/C21H26N2O5S/c1-5-23(6-2)29(26,27)18-10-8-17(9-11-18)22-20(24)14-28-21(25)19-12-7-15(3)13-16(19)4/h7-13H,5-6,14H2,1-4H3,(H,22,24). The second-order valence-corrected chi connectivity index (χ2v) is 8.49. The summed E-state index contributed by atoms with van der Waals surface area (Å²) in [5.74, 6) is -1.08. The van der Waals surface area contributed by atoms with Crippen LogP contribution in [-0.2, 0) is 19.6 Å². The number of hydrogen-bond acceptors (Lipinski definition) is 5. The molecule has 2 aromatic carbocycles. The minimum absolute atomic E-state index is 0.153. The van der Waals surface area contributed by atoms with E-state index in [4.69, 9.17) is 4.74 Å². The molecule has 0 saturated heterocycles. The summed E-state index contributed by atoms with van der Waals surface area (Å²) in [4.78, 5) is 24.3. The van der Waals surface area contributed by atoms with E-state index in [1.807, 2.05) is 13.0 Å². The van der Waals surface area contributed by atoms with Crippen LogP contribution < -0.4 is 5.32 Å². The zero-order valence-corrected chi connectivity index (χ0v) is 17.9. The molecule has 0 fully saturated rings. The Hall–Kier alpha value is -2.71. The van der Waals surface area contributed by atoms with E-state index >= 15 is 0 Å². The van der Waals surface area contributed by atoms with Crippen LogP contribution in [0.15, 0.2) is 47.4 Å². The average Bonchev–Trinajstić information content (AvgIpc) is 2.67. The smallest absolute Gasteiger partial charge is 0.338 e. The van der Waals surface area contributed by atoms with Crippen LogP contribution in [0.4, 0.5) is 5.69 Å². The molecule has 7 nitrogen and oxygen atoms in total. The summed E-state index contributed by atoms with van der Waals surface area (Å²) >= 11 is 0. The van der Waals surface area contributed by atoms with Crippen molar-refractivity contribution in [2.45, 2.75) is 32.6 Å². The molecule has 0 aromatic heterocycles. The summed E-state index contributed by atoms with van der Waals surface area (Å²) in [5.41, 5.74) is 2.63. The molecule has 0 heterocycles. The Balaban J connectivity index is 1.96. The van der Waals surface area contributed by atoms with Gasteiger partial charge in [-0.15, -0.1) is 0 Å². The first-order valence-electron chi connectivity index (χ1n) is 9.33. The molecule has 0 saturated carbocycles. The third kappa shape index (κ3) is 5.65. The molecule has 0 aliphatic carbocycles. The van der Waals surface area contributed by atoms with Crippen molar-refractivity contribution < 1.29 is 22.7 Å². The zero-order chi connectivity index (χ0) is 21.6. The van der Waals surface area contributed by atoms with Crippen LogP contribution in [0.2, 0.25) is 0 Å². The number of sulfonamides is 1. The third-order valence-corrected chi connectivity index (χ3v) is 6.48. The maximum Gasteiger partial charge on any atom is 0.338 e. The largest absolute Gasteiger partial charge is 0.452 e. The van der Waals surface area contributed by atoms with Crippen LogP contribution in [-0.4, -0.2) is 44.3 Å². The number of amides is 1. The number of carbonyl (C=O) groups excluding carboxylic acids is 2. The van der Waals surface area contributed by atoms with Crippen LogP contribution in [0, 0.1) is 13.8 Å². The van der Waals surface area contributed by atoms with Gasteiger partial charge in [0.25, 0.3) is 5.91 Å². The first-order chi connectivity index (χ1) is 13.7. The Morgan fingerprint density at radius 3 is 2.17 bits per heavy atom. The Labute approximate surface area is 171 Å². The topological polar surface area (TPSA) is 92.8 Å². The molecule has 29 heavy (non-hydrogen) atoms. The summed E-state index contributed by atoms with van der Waals surface area (Å²) < 4.78 is 31.4. The molecular weight excluding hydrogens is 392 g/mol. The quantitative estimate of drug-likeness (QED) is 0.665. The van der Waals surface area contributed by atoms with Crippen molar-refractivity contribution in [1.29, 1.82) is 0 Å².